The molecular weight excluding hydrogens is 292 g/mol. The zero-order chi connectivity index (χ0) is 16.1. The summed E-state index contributed by atoms with van der Waals surface area (Å²) < 4.78 is 5.65. The molecule has 5 nitrogen and oxygen atoms in total. The molecule has 0 saturated carbocycles. The van der Waals surface area contributed by atoms with E-state index in [1.807, 2.05) is 30.3 Å². The molecule has 0 saturated heterocycles. The first kappa shape index (κ1) is 14.6. The van der Waals surface area contributed by atoms with Crippen LogP contribution in [0.1, 0.15) is 16.1 Å². The number of hydrazone groups is 1. The van der Waals surface area contributed by atoms with Crippen LogP contribution in [0.3, 0.4) is 0 Å². The van der Waals surface area contributed by atoms with Crippen molar-refractivity contribution in [2.75, 3.05) is 5.43 Å². The van der Waals surface area contributed by atoms with Gasteiger partial charge in [0, 0.05) is 5.56 Å². The van der Waals surface area contributed by atoms with Crippen molar-refractivity contribution in [3.05, 3.63) is 78.1 Å². The van der Waals surface area contributed by atoms with Crippen molar-refractivity contribution in [2.45, 2.75) is 0 Å². The number of benzene rings is 2. The molecule has 2 aromatic carbocycles. The van der Waals surface area contributed by atoms with Crippen molar-refractivity contribution in [3.63, 3.8) is 0 Å². The van der Waals surface area contributed by atoms with E-state index in [1.165, 1.54) is 0 Å². The van der Waals surface area contributed by atoms with E-state index in [0.29, 0.717) is 17.1 Å². The minimum atomic E-state index is -0.988. The van der Waals surface area contributed by atoms with Crippen molar-refractivity contribution in [2.24, 2.45) is 5.10 Å². The molecule has 0 bridgehead atoms. The molecule has 0 amide bonds. The fraction of sp³-hybridized carbons (Fsp3) is 0. The molecule has 0 fully saturated rings. The minimum absolute atomic E-state index is 0.202. The predicted octanol–water partition coefficient (Wildman–Crippen LogP) is 4.09. The van der Waals surface area contributed by atoms with Crippen molar-refractivity contribution in [1.82, 2.24) is 0 Å². The lowest BCUT2D eigenvalue weighted by atomic mass is 10.1. The summed E-state index contributed by atoms with van der Waals surface area (Å²) in [6.45, 7) is 0. The summed E-state index contributed by atoms with van der Waals surface area (Å²) in [5.74, 6) is 0.0331. The van der Waals surface area contributed by atoms with E-state index in [9.17, 15) is 9.90 Å². The van der Waals surface area contributed by atoms with Gasteiger partial charge in [-0.3, -0.25) is 5.43 Å². The number of para-hydroxylation sites is 1. The average Bonchev–Trinajstić information content (AvgIpc) is 3.04. The summed E-state index contributed by atoms with van der Waals surface area (Å²) in [5, 5.41) is 13.3. The van der Waals surface area contributed by atoms with E-state index in [1.54, 1.807) is 42.6 Å². The van der Waals surface area contributed by atoms with Crippen molar-refractivity contribution < 1.29 is 14.3 Å². The number of rotatable bonds is 5. The van der Waals surface area contributed by atoms with Crippen LogP contribution in [0.4, 0.5) is 5.69 Å². The van der Waals surface area contributed by atoms with Gasteiger partial charge in [0.05, 0.1) is 17.5 Å². The molecule has 5 heteroatoms. The van der Waals surface area contributed by atoms with Crippen LogP contribution in [0.5, 0.6) is 0 Å². The lowest BCUT2D eigenvalue weighted by Crippen LogP contribution is -1.98. The fourth-order valence-electron chi connectivity index (χ4n) is 2.13. The Kier molecular flexibility index (Phi) is 4.20. The Bertz CT molecular complexity index is 838. The first-order chi connectivity index (χ1) is 11.2. The van der Waals surface area contributed by atoms with Gasteiger partial charge < -0.3 is 9.52 Å². The maximum Gasteiger partial charge on any atom is 0.336 e. The third kappa shape index (κ3) is 3.47. The van der Waals surface area contributed by atoms with Gasteiger partial charge >= 0.3 is 5.97 Å². The lowest BCUT2D eigenvalue weighted by Gasteiger charge is -2.02. The third-order valence-corrected chi connectivity index (χ3v) is 3.21. The largest absolute Gasteiger partial charge is 0.478 e. The first-order valence-corrected chi connectivity index (χ1v) is 7.01. The van der Waals surface area contributed by atoms with Crippen LogP contribution < -0.4 is 5.43 Å². The second-order valence-electron chi connectivity index (χ2n) is 4.79. The number of aromatic carboxylic acids is 1. The Morgan fingerprint density at radius 2 is 1.74 bits per heavy atom. The summed E-state index contributed by atoms with van der Waals surface area (Å²) in [7, 11) is 0. The van der Waals surface area contributed by atoms with Gasteiger partial charge in [0.15, 0.2) is 0 Å². The number of nitrogens with one attached hydrogen (secondary N) is 1. The van der Waals surface area contributed by atoms with Gasteiger partial charge in [-0.05, 0) is 30.3 Å². The molecule has 0 atom stereocenters. The molecule has 1 heterocycles. The number of nitrogens with zero attached hydrogens (tertiary/aromatic N) is 1. The molecule has 1 aromatic heterocycles. The van der Waals surface area contributed by atoms with Crippen LogP contribution >= 0.6 is 0 Å². The molecule has 0 aliphatic heterocycles. The molecular formula is C18H14N2O3. The van der Waals surface area contributed by atoms with Gasteiger partial charge in [-0.1, -0.05) is 36.4 Å². The Balaban J connectivity index is 1.77. The number of carbonyl (C=O) groups is 1. The van der Waals surface area contributed by atoms with Gasteiger partial charge in [-0.2, -0.15) is 5.10 Å². The Labute approximate surface area is 132 Å². The second kappa shape index (κ2) is 6.62. The third-order valence-electron chi connectivity index (χ3n) is 3.21. The van der Waals surface area contributed by atoms with E-state index in [-0.39, 0.29) is 5.56 Å². The highest BCUT2D eigenvalue weighted by atomic mass is 16.4. The van der Waals surface area contributed by atoms with Gasteiger partial charge in [0.2, 0.25) is 0 Å². The topological polar surface area (TPSA) is 74.8 Å². The van der Waals surface area contributed by atoms with E-state index >= 15 is 0 Å². The summed E-state index contributed by atoms with van der Waals surface area (Å²) >= 11 is 0. The van der Waals surface area contributed by atoms with E-state index in [2.05, 4.69) is 10.5 Å². The van der Waals surface area contributed by atoms with E-state index in [0.717, 1.165) is 5.69 Å². The highest BCUT2D eigenvalue weighted by molar-refractivity contribution is 5.95. The molecule has 0 aliphatic carbocycles. The highest BCUT2D eigenvalue weighted by Gasteiger charge is 2.13. The first-order valence-electron chi connectivity index (χ1n) is 7.01. The van der Waals surface area contributed by atoms with Crippen LogP contribution in [0, 0.1) is 0 Å². The molecule has 114 valence electrons. The number of hydrogen-bond acceptors (Lipinski definition) is 4. The highest BCUT2D eigenvalue weighted by Crippen LogP contribution is 2.25. The molecule has 3 aromatic rings. The van der Waals surface area contributed by atoms with E-state index < -0.39 is 5.97 Å². The van der Waals surface area contributed by atoms with Crippen molar-refractivity contribution >= 4 is 17.9 Å². The Morgan fingerprint density at radius 3 is 2.52 bits per heavy atom. The van der Waals surface area contributed by atoms with E-state index in [4.69, 9.17) is 4.42 Å². The fourth-order valence-corrected chi connectivity index (χ4v) is 2.13. The molecule has 3 rings (SSSR count). The smallest absolute Gasteiger partial charge is 0.336 e. The Hall–Kier alpha value is -3.34. The quantitative estimate of drug-likeness (QED) is 0.550. The number of hydrogen-bond donors (Lipinski definition) is 2. The predicted molar refractivity (Wildman–Crippen MR) is 88.8 cm³/mol. The standard InChI is InChI=1S/C18H14N2O3/c21-18(22)16-9-5-4-8-15(16)17-11-10-14(23-17)12-19-20-13-6-2-1-3-7-13/h1-12,20H,(H,21,22). The zero-order valence-corrected chi connectivity index (χ0v) is 12.1. The van der Waals surface area contributed by atoms with Crippen molar-refractivity contribution in [1.29, 1.82) is 0 Å². The SMILES string of the molecule is O=C(O)c1ccccc1-c1ccc(C=NNc2ccccc2)o1. The summed E-state index contributed by atoms with van der Waals surface area (Å²) in [4.78, 5) is 11.3. The number of carboxylic acids is 1. The van der Waals surface area contributed by atoms with Crippen molar-refractivity contribution in [3.8, 4) is 11.3 Å². The number of carboxylic acid groups (broad SMARTS) is 1. The van der Waals surface area contributed by atoms with Crippen LogP contribution in [-0.2, 0) is 0 Å². The maximum absolute atomic E-state index is 11.3. The number of furan rings is 1. The molecule has 0 aliphatic rings. The maximum atomic E-state index is 11.3. The lowest BCUT2D eigenvalue weighted by molar-refractivity contribution is 0.0697. The molecule has 0 spiro atoms. The average molecular weight is 306 g/mol. The van der Waals surface area contributed by atoms with Gasteiger partial charge in [-0.15, -0.1) is 0 Å². The van der Waals surface area contributed by atoms with Gasteiger partial charge in [-0.25, -0.2) is 4.79 Å². The normalized spacial score (nSPS) is 10.8. The van der Waals surface area contributed by atoms with Crippen LogP contribution in [0.15, 0.2) is 76.2 Å². The summed E-state index contributed by atoms with van der Waals surface area (Å²) in [6.07, 6.45) is 1.54. The molecule has 0 radical (unpaired) electrons. The zero-order valence-electron chi connectivity index (χ0n) is 12.1. The van der Waals surface area contributed by atoms with Gasteiger partial charge in [0.25, 0.3) is 0 Å². The Morgan fingerprint density at radius 1 is 1.00 bits per heavy atom. The molecule has 2 N–H and O–H groups in total. The number of anilines is 1. The summed E-state index contributed by atoms with van der Waals surface area (Å²) in [6, 6.07) is 19.7. The van der Waals surface area contributed by atoms with Gasteiger partial charge in [0.1, 0.15) is 11.5 Å². The van der Waals surface area contributed by atoms with Crippen LogP contribution in [-0.4, -0.2) is 17.3 Å². The monoisotopic (exact) mass is 306 g/mol. The minimum Gasteiger partial charge on any atom is -0.478 e. The second-order valence-corrected chi connectivity index (χ2v) is 4.79. The molecule has 0 unspecified atom stereocenters. The van der Waals surface area contributed by atoms with Crippen LogP contribution in [0.2, 0.25) is 0 Å². The molecule has 23 heavy (non-hydrogen) atoms. The summed E-state index contributed by atoms with van der Waals surface area (Å²) in [5.41, 5.74) is 4.49. The van der Waals surface area contributed by atoms with Crippen LogP contribution in [0.25, 0.3) is 11.3 Å².